The summed E-state index contributed by atoms with van der Waals surface area (Å²) in [5, 5.41) is 11.9. The molecule has 0 aliphatic carbocycles. The van der Waals surface area contributed by atoms with Crippen molar-refractivity contribution >= 4 is 47.4 Å². The van der Waals surface area contributed by atoms with Gasteiger partial charge in [0.2, 0.25) is 11.8 Å². The fourth-order valence-electron chi connectivity index (χ4n) is 2.37. The third kappa shape index (κ3) is 13.1. The van der Waals surface area contributed by atoms with Gasteiger partial charge in [0.05, 0.1) is 19.6 Å². The van der Waals surface area contributed by atoms with Crippen molar-refractivity contribution in [2.45, 2.75) is 39.8 Å². The number of benzene rings is 1. The van der Waals surface area contributed by atoms with Crippen molar-refractivity contribution in [1.82, 2.24) is 20.9 Å². The van der Waals surface area contributed by atoms with Gasteiger partial charge in [-0.15, -0.1) is 24.0 Å². The molecule has 9 heteroatoms. The zero-order valence-corrected chi connectivity index (χ0v) is 20.6. The van der Waals surface area contributed by atoms with E-state index in [4.69, 9.17) is 0 Å². The van der Waals surface area contributed by atoms with Crippen LogP contribution in [-0.2, 0) is 16.1 Å². The zero-order chi connectivity index (χ0) is 21.2. The number of carbonyl (C=O) groups excluding carboxylic acids is 2. The van der Waals surface area contributed by atoms with E-state index >= 15 is 0 Å². The highest BCUT2D eigenvalue weighted by Gasteiger charge is 2.13. The maximum Gasteiger partial charge on any atom is 0.239 e. The predicted molar refractivity (Wildman–Crippen MR) is 130 cm³/mol. The molecular formula is C20H35IN6O2. The third-order valence-electron chi connectivity index (χ3n) is 3.37. The number of aliphatic imine (C=N–C) groups is 1. The Morgan fingerprint density at radius 3 is 2.38 bits per heavy atom. The number of hydrogen-bond donors (Lipinski definition) is 4. The SMILES string of the molecule is CCNC(=NCc1cccc(NC(=O)CN(C)C)c1)NCC(=O)NC(C)(C)C.I. The lowest BCUT2D eigenvalue weighted by Crippen LogP contribution is -2.48. The molecule has 2 amide bonds. The Morgan fingerprint density at radius 1 is 1.10 bits per heavy atom. The monoisotopic (exact) mass is 518 g/mol. The number of carbonyl (C=O) groups is 2. The number of rotatable bonds is 8. The highest BCUT2D eigenvalue weighted by Crippen LogP contribution is 2.11. The number of guanidine groups is 1. The standard InChI is InChI=1S/C20H34N6O2.HI/c1-7-21-19(23-13-17(27)25-20(2,3)4)22-12-15-9-8-10-16(11-15)24-18(28)14-26(5)6;/h8-11H,7,12-14H2,1-6H3,(H,24,28)(H,25,27)(H2,21,22,23);1H. The summed E-state index contributed by atoms with van der Waals surface area (Å²) < 4.78 is 0. The summed E-state index contributed by atoms with van der Waals surface area (Å²) >= 11 is 0. The van der Waals surface area contributed by atoms with E-state index in [-0.39, 0.29) is 47.9 Å². The Hall–Kier alpha value is -1.88. The molecule has 0 aliphatic rings. The lowest BCUT2D eigenvalue weighted by molar-refractivity contribution is -0.121. The van der Waals surface area contributed by atoms with Gasteiger partial charge in [0.25, 0.3) is 0 Å². The van der Waals surface area contributed by atoms with Crippen LogP contribution in [-0.4, -0.2) is 61.9 Å². The number of nitrogens with one attached hydrogen (secondary N) is 4. The van der Waals surface area contributed by atoms with E-state index < -0.39 is 0 Å². The lowest BCUT2D eigenvalue weighted by atomic mass is 10.1. The minimum Gasteiger partial charge on any atom is -0.357 e. The average molecular weight is 518 g/mol. The first-order chi connectivity index (χ1) is 13.1. The Bertz CT molecular complexity index is 686. The Morgan fingerprint density at radius 2 is 1.79 bits per heavy atom. The molecule has 0 radical (unpaired) electrons. The van der Waals surface area contributed by atoms with Crippen molar-refractivity contribution in [3.8, 4) is 0 Å². The van der Waals surface area contributed by atoms with Gasteiger partial charge in [-0.1, -0.05) is 12.1 Å². The Balaban J connectivity index is 0.00000784. The molecule has 8 nitrogen and oxygen atoms in total. The van der Waals surface area contributed by atoms with Gasteiger partial charge in [-0.3, -0.25) is 9.59 Å². The summed E-state index contributed by atoms with van der Waals surface area (Å²) in [7, 11) is 3.70. The summed E-state index contributed by atoms with van der Waals surface area (Å²) in [6, 6.07) is 7.57. The van der Waals surface area contributed by atoms with Crippen LogP contribution in [0.1, 0.15) is 33.3 Å². The van der Waals surface area contributed by atoms with E-state index in [2.05, 4.69) is 26.3 Å². The molecule has 0 saturated carbocycles. The molecule has 1 aromatic rings. The fourth-order valence-corrected chi connectivity index (χ4v) is 2.37. The largest absolute Gasteiger partial charge is 0.357 e. The number of likely N-dealkylation sites (N-methyl/N-ethyl adjacent to an activating group) is 1. The van der Waals surface area contributed by atoms with Crippen molar-refractivity contribution in [3.05, 3.63) is 29.8 Å². The van der Waals surface area contributed by atoms with Crippen LogP contribution in [0, 0.1) is 0 Å². The van der Waals surface area contributed by atoms with Crippen LogP contribution in [0.15, 0.2) is 29.3 Å². The van der Waals surface area contributed by atoms with Crippen molar-refractivity contribution in [2.75, 3.05) is 39.0 Å². The summed E-state index contributed by atoms with van der Waals surface area (Å²) in [6.45, 7) is 9.36. The van der Waals surface area contributed by atoms with Gasteiger partial charge in [0, 0.05) is 17.8 Å². The number of hydrogen-bond acceptors (Lipinski definition) is 4. The number of anilines is 1. The number of halogens is 1. The van der Waals surface area contributed by atoms with Gasteiger partial charge >= 0.3 is 0 Å². The van der Waals surface area contributed by atoms with E-state index in [9.17, 15) is 9.59 Å². The van der Waals surface area contributed by atoms with Gasteiger partial charge in [0.1, 0.15) is 0 Å². The predicted octanol–water partition coefficient (Wildman–Crippen LogP) is 1.77. The normalized spacial score (nSPS) is 11.5. The first-order valence-electron chi connectivity index (χ1n) is 9.45. The Labute approximate surface area is 191 Å². The number of nitrogens with zero attached hydrogens (tertiary/aromatic N) is 2. The molecule has 1 aromatic carbocycles. The maximum absolute atomic E-state index is 12.0. The zero-order valence-electron chi connectivity index (χ0n) is 18.3. The minimum absolute atomic E-state index is 0. The van der Waals surface area contributed by atoms with Crippen LogP contribution in [0.25, 0.3) is 0 Å². The lowest BCUT2D eigenvalue weighted by Gasteiger charge is -2.21. The highest BCUT2D eigenvalue weighted by atomic mass is 127. The molecular weight excluding hydrogens is 483 g/mol. The van der Waals surface area contributed by atoms with Gasteiger partial charge in [-0.25, -0.2) is 4.99 Å². The van der Waals surface area contributed by atoms with Crippen molar-refractivity contribution < 1.29 is 9.59 Å². The number of amides is 2. The molecule has 29 heavy (non-hydrogen) atoms. The average Bonchev–Trinajstić information content (AvgIpc) is 2.55. The molecule has 164 valence electrons. The van der Waals surface area contributed by atoms with Gasteiger partial charge in [0.15, 0.2) is 5.96 Å². The van der Waals surface area contributed by atoms with Gasteiger partial charge in [-0.05, 0) is 59.5 Å². The minimum atomic E-state index is -0.272. The summed E-state index contributed by atoms with van der Waals surface area (Å²) in [5.41, 5.74) is 1.42. The van der Waals surface area contributed by atoms with E-state index in [0.29, 0.717) is 25.6 Å². The van der Waals surface area contributed by atoms with Crippen LogP contribution >= 0.6 is 24.0 Å². The topological polar surface area (TPSA) is 97.9 Å². The summed E-state index contributed by atoms with van der Waals surface area (Å²) in [4.78, 5) is 30.2. The summed E-state index contributed by atoms with van der Waals surface area (Å²) in [6.07, 6.45) is 0. The second kappa shape index (κ2) is 13.4. The van der Waals surface area contributed by atoms with Crippen molar-refractivity contribution in [1.29, 1.82) is 0 Å². The van der Waals surface area contributed by atoms with E-state index in [1.165, 1.54) is 0 Å². The molecule has 0 aromatic heterocycles. The maximum atomic E-state index is 12.0. The second-order valence-electron chi connectivity index (χ2n) is 7.83. The quantitative estimate of drug-likeness (QED) is 0.239. The first-order valence-corrected chi connectivity index (χ1v) is 9.45. The van der Waals surface area contributed by atoms with E-state index in [1.54, 1.807) is 0 Å². The smallest absolute Gasteiger partial charge is 0.239 e. The highest BCUT2D eigenvalue weighted by molar-refractivity contribution is 14.0. The van der Waals surface area contributed by atoms with Crippen molar-refractivity contribution in [2.24, 2.45) is 4.99 Å². The molecule has 0 bridgehead atoms. The van der Waals surface area contributed by atoms with E-state index in [1.807, 2.05) is 71.0 Å². The molecule has 4 N–H and O–H groups in total. The summed E-state index contributed by atoms with van der Waals surface area (Å²) in [5.74, 6) is 0.405. The van der Waals surface area contributed by atoms with Crippen LogP contribution < -0.4 is 21.3 Å². The molecule has 0 heterocycles. The van der Waals surface area contributed by atoms with Crippen LogP contribution in [0.4, 0.5) is 5.69 Å². The molecule has 0 aliphatic heterocycles. The van der Waals surface area contributed by atoms with E-state index in [0.717, 1.165) is 11.3 Å². The first kappa shape index (κ1) is 27.1. The van der Waals surface area contributed by atoms with Crippen LogP contribution in [0.2, 0.25) is 0 Å². The molecule has 1 rings (SSSR count). The fraction of sp³-hybridized carbons (Fsp3) is 0.550. The second-order valence-corrected chi connectivity index (χ2v) is 7.83. The third-order valence-corrected chi connectivity index (χ3v) is 3.37. The molecule has 0 atom stereocenters. The van der Waals surface area contributed by atoms with Gasteiger partial charge in [-0.2, -0.15) is 0 Å². The van der Waals surface area contributed by atoms with Crippen LogP contribution in [0.3, 0.4) is 0 Å². The van der Waals surface area contributed by atoms with Gasteiger partial charge < -0.3 is 26.2 Å². The van der Waals surface area contributed by atoms with Crippen molar-refractivity contribution in [3.63, 3.8) is 0 Å². The Kier molecular flexibility index (Phi) is 12.5. The molecule has 0 spiro atoms. The molecule has 0 unspecified atom stereocenters. The molecule has 0 fully saturated rings. The van der Waals surface area contributed by atoms with Crippen LogP contribution in [0.5, 0.6) is 0 Å². The molecule has 0 saturated heterocycles.